The number of aromatic nitrogens is 3. The lowest BCUT2D eigenvalue weighted by atomic mass is 9.97. The number of benzene rings is 2. The van der Waals surface area contributed by atoms with E-state index >= 15 is 0 Å². The van der Waals surface area contributed by atoms with Gasteiger partial charge in [-0.1, -0.05) is 11.6 Å². The topological polar surface area (TPSA) is 97.2 Å². The molecule has 31 heavy (non-hydrogen) atoms. The van der Waals surface area contributed by atoms with Gasteiger partial charge in [-0.25, -0.2) is 22.5 Å². The predicted molar refractivity (Wildman–Crippen MR) is 113 cm³/mol. The summed E-state index contributed by atoms with van der Waals surface area (Å²) in [6.45, 7) is 0.395. The summed E-state index contributed by atoms with van der Waals surface area (Å²) in [5, 5.41) is 7.42. The first-order valence-electron chi connectivity index (χ1n) is 9.56. The van der Waals surface area contributed by atoms with Crippen LogP contribution in [0.2, 0.25) is 5.02 Å². The fourth-order valence-corrected chi connectivity index (χ4v) is 5.13. The van der Waals surface area contributed by atoms with Crippen LogP contribution in [0.4, 0.5) is 10.1 Å². The Morgan fingerprint density at radius 2 is 1.84 bits per heavy atom. The van der Waals surface area contributed by atoms with E-state index in [-0.39, 0.29) is 29.8 Å². The van der Waals surface area contributed by atoms with Crippen LogP contribution in [0.3, 0.4) is 0 Å². The molecule has 0 unspecified atom stereocenters. The van der Waals surface area contributed by atoms with Crippen molar-refractivity contribution in [2.24, 2.45) is 5.92 Å². The average molecular weight is 464 g/mol. The van der Waals surface area contributed by atoms with Gasteiger partial charge in [-0.15, -0.1) is 0 Å². The number of amides is 1. The van der Waals surface area contributed by atoms with E-state index in [0.29, 0.717) is 29.2 Å². The summed E-state index contributed by atoms with van der Waals surface area (Å²) in [7, 11) is -3.73. The number of nitrogens with zero attached hydrogens (tertiary/aromatic N) is 4. The molecular formula is C20H19ClFN5O3S. The second kappa shape index (κ2) is 8.74. The Balaban J connectivity index is 1.44. The molecule has 1 aliphatic heterocycles. The second-order valence-electron chi connectivity index (χ2n) is 7.12. The first kappa shape index (κ1) is 21.4. The highest BCUT2D eigenvalue weighted by Gasteiger charge is 2.32. The fraction of sp³-hybridized carbons (Fsp3) is 0.250. The summed E-state index contributed by atoms with van der Waals surface area (Å²) in [5.74, 6) is -1.08. The minimum absolute atomic E-state index is 0.0354. The first-order chi connectivity index (χ1) is 14.8. The lowest BCUT2D eigenvalue weighted by Gasteiger charge is -2.30. The maximum absolute atomic E-state index is 13.1. The minimum atomic E-state index is -3.73. The third-order valence-electron chi connectivity index (χ3n) is 5.16. The van der Waals surface area contributed by atoms with Crippen LogP contribution in [0.1, 0.15) is 12.8 Å². The second-order valence-corrected chi connectivity index (χ2v) is 9.50. The van der Waals surface area contributed by atoms with Gasteiger partial charge in [0.2, 0.25) is 15.9 Å². The number of carbonyl (C=O) groups is 1. The van der Waals surface area contributed by atoms with E-state index in [9.17, 15) is 17.6 Å². The highest BCUT2D eigenvalue weighted by Crippen LogP contribution is 2.28. The third-order valence-corrected chi connectivity index (χ3v) is 7.31. The molecule has 0 atom stereocenters. The molecule has 1 N–H and O–H groups in total. The molecule has 1 amide bonds. The van der Waals surface area contributed by atoms with Gasteiger partial charge in [0.1, 0.15) is 18.5 Å². The van der Waals surface area contributed by atoms with Gasteiger partial charge in [0.15, 0.2) is 0 Å². The minimum Gasteiger partial charge on any atom is -0.324 e. The van der Waals surface area contributed by atoms with Crippen molar-refractivity contribution in [1.29, 1.82) is 0 Å². The number of rotatable bonds is 5. The van der Waals surface area contributed by atoms with Crippen LogP contribution in [0, 0.1) is 11.7 Å². The molecule has 0 aliphatic carbocycles. The van der Waals surface area contributed by atoms with Crippen LogP contribution < -0.4 is 5.32 Å². The van der Waals surface area contributed by atoms with E-state index in [4.69, 9.17) is 11.6 Å². The zero-order valence-electron chi connectivity index (χ0n) is 16.3. The molecular weight excluding hydrogens is 445 g/mol. The van der Waals surface area contributed by atoms with Crippen molar-refractivity contribution in [3.05, 3.63) is 66.0 Å². The molecule has 0 bridgehead atoms. The molecule has 162 valence electrons. The summed E-state index contributed by atoms with van der Waals surface area (Å²) in [6.07, 6.45) is 3.63. The normalized spacial score (nSPS) is 15.7. The molecule has 0 spiro atoms. The van der Waals surface area contributed by atoms with Gasteiger partial charge in [0.25, 0.3) is 0 Å². The Morgan fingerprint density at radius 1 is 1.13 bits per heavy atom. The lowest BCUT2D eigenvalue weighted by molar-refractivity contribution is -0.120. The number of sulfonamides is 1. The van der Waals surface area contributed by atoms with Gasteiger partial charge in [-0.3, -0.25) is 4.79 Å². The van der Waals surface area contributed by atoms with Crippen LogP contribution >= 0.6 is 11.6 Å². The summed E-state index contributed by atoms with van der Waals surface area (Å²) in [5.41, 5.74) is 1.11. The fourth-order valence-electron chi connectivity index (χ4n) is 3.49. The summed E-state index contributed by atoms with van der Waals surface area (Å²) in [6, 6.07) is 9.76. The van der Waals surface area contributed by atoms with E-state index in [0.717, 1.165) is 12.1 Å². The van der Waals surface area contributed by atoms with Crippen molar-refractivity contribution in [1.82, 2.24) is 19.1 Å². The number of nitrogens with one attached hydrogen (secondary N) is 1. The maximum Gasteiger partial charge on any atom is 0.243 e. The Bertz CT molecular complexity index is 1180. The maximum atomic E-state index is 13.1. The molecule has 4 rings (SSSR count). The molecule has 2 heterocycles. The quantitative estimate of drug-likeness (QED) is 0.627. The average Bonchev–Trinajstić information content (AvgIpc) is 3.29. The number of hydrogen-bond donors (Lipinski definition) is 1. The molecule has 1 saturated heterocycles. The van der Waals surface area contributed by atoms with Gasteiger partial charge in [-0.05, 0) is 55.3 Å². The molecule has 1 aliphatic rings. The Kier molecular flexibility index (Phi) is 6.03. The van der Waals surface area contributed by atoms with Crippen molar-refractivity contribution in [3.63, 3.8) is 0 Å². The Morgan fingerprint density at radius 3 is 2.48 bits per heavy atom. The largest absolute Gasteiger partial charge is 0.324 e. The molecule has 1 aromatic heterocycles. The van der Waals surface area contributed by atoms with Crippen LogP contribution in [-0.4, -0.2) is 46.5 Å². The SMILES string of the molecule is O=C(Nc1cc(Cl)ccc1-n1cncn1)C1CCN(S(=O)(=O)c2ccc(F)cc2)CC1. The summed E-state index contributed by atoms with van der Waals surface area (Å²) >= 11 is 6.09. The van der Waals surface area contributed by atoms with E-state index < -0.39 is 15.8 Å². The van der Waals surface area contributed by atoms with E-state index in [1.54, 1.807) is 18.2 Å². The van der Waals surface area contributed by atoms with E-state index in [2.05, 4.69) is 15.4 Å². The number of piperidine rings is 1. The van der Waals surface area contributed by atoms with E-state index in [1.807, 2.05) is 0 Å². The predicted octanol–water partition coefficient (Wildman–Crippen LogP) is 3.10. The van der Waals surface area contributed by atoms with Crippen molar-refractivity contribution in [2.75, 3.05) is 18.4 Å². The van der Waals surface area contributed by atoms with Gasteiger partial charge >= 0.3 is 0 Å². The lowest BCUT2D eigenvalue weighted by Crippen LogP contribution is -2.41. The molecule has 11 heteroatoms. The zero-order chi connectivity index (χ0) is 22.0. The van der Waals surface area contributed by atoms with Crippen molar-refractivity contribution >= 4 is 33.2 Å². The van der Waals surface area contributed by atoms with Crippen LogP contribution in [-0.2, 0) is 14.8 Å². The summed E-state index contributed by atoms with van der Waals surface area (Å²) in [4.78, 5) is 16.8. The van der Waals surface area contributed by atoms with Gasteiger partial charge in [0.05, 0.1) is 16.3 Å². The Hall–Kier alpha value is -2.82. The standard InChI is InChI=1S/C20H19ClFN5O3S/c21-15-1-6-19(27-13-23-12-24-27)18(11-15)25-20(28)14-7-9-26(10-8-14)31(29,30)17-4-2-16(22)3-5-17/h1-6,11-14H,7-10H2,(H,25,28). The Labute approximate surface area is 183 Å². The number of hydrogen-bond acceptors (Lipinski definition) is 5. The van der Waals surface area contributed by atoms with Crippen molar-refractivity contribution < 1.29 is 17.6 Å². The molecule has 0 saturated carbocycles. The number of anilines is 1. The molecule has 3 aromatic rings. The summed E-state index contributed by atoms with van der Waals surface area (Å²) < 4.78 is 41.5. The molecule has 8 nitrogen and oxygen atoms in total. The van der Waals surface area contributed by atoms with Gasteiger partial charge in [-0.2, -0.15) is 9.40 Å². The first-order valence-corrected chi connectivity index (χ1v) is 11.4. The van der Waals surface area contributed by atoms with E-state index in [1.165, 1.54) is 33.8 Å². The third kappa shape index (κ3) is 4.60. The van der Waals surface area contributed by atoms with Crippen molar-refractivity contribution in [2.45, 2.75) is 17.7 Å². The molecule has 1 fully saturated rings. The van der Waals surface area contributed by atoms with Gasteiger partial charge < -0.3 is 5.32 Å². The smallest absolute Gasteiger partial charge is 0.243 e. The highest BCUT2D eigenvalue weighted by atomic mass is 35.5. The zero-order valence-corrected chi connectivity index (χ0v) is 17.9. The molecule has 0 radical (unpaired) electrons. The number of carbonyl (C=O) groups excluding carboxylic acids is 1. The van der Waals surface area contributed by atoms with Crippen LogP contribution in [0.25, 0.3) is 5.69 Å². The van der Waals surface area contributed by atoms with Crippen LogP contribution in [0.15, 0.2) is 60.0 Å². The number of halogens is 2. The van der Waals surface area contributed by atoms with Gasteiger partial charge in [0, 0.05) is 24.0 Å². The van der Waals surface area contributed by atoms with Crippen LogP contribution in [0.5, 0.6) is 0 Å². The monoisotopic (exact) mass is 463 g/mol. The highest BCUT2D eigenvalue weighted by molar-refractivity contribution is 7.89. The van der Waals surface area contributed by atoms with Crippen molar-refractivity contribution in [3.8, 4) is 5.69 Å². The molecule has 2 aromatic carbocycles.